The zero-order valence-corrected chi connectivity index (χ0v) is 10.8. The second-order valence-corrected chi connectivity index (χ2v) is 4.90. The Labute approximate surface area is 112 Å². The van der Waals surface area contributed by atoms with Gasteiger partial charge in [-0.2, -0.15) is 0 Å². The molecule has 1 atom stereocenters. The van der Waals surface area contributed by atoms with Gasteiger partial charge in [0.1, 0.15) is 5.75 Å². The molecule has 3 N–H and O–H groups in total. The van der Waals surface area contributed by atoms with E-state index in [0.29, 0.717) is 0 Å². The first kappa shape index (κ1) is 12.9. The molecule has 0 saturated carbocycles. The van der Waals surface area contributed by atoms with Crippen molar-refractivity contribution in [2.75, 3.05) is 0 Å². The second kappa shape index (κ2) is 5.89. The lowest BCUT2D eigenvalue weighted by molar-refractivity contribution is 0.474. The Bertz CT molecular complexity index is 480. The fraction of sp³-hybridized carbons (Fsp3) is 0.200. The van der Waals surface area contributed by atoms with Gasteiger partial charge in [0.15, 0.2) is 0 Å². The maximum absolute atomic E-state index is 9.39. The summed E-state index contributed by atoms with van der Waals surface area (Å²) in [4.78, 5) is 0. The van der Waals surface area contributed by atoms with Crippen molar-refractivity contribution in [2.24, 2.45) is 5.73 Å². The fourth-order valence-electron chi connectivity index (χ4n) is 2.03. The van der Waals surface area contributed by atoms with Crippen molar-refractivity contribution < 1.29 is 5.11 Å². The molecule has 0 radical (unpaired) electrons. The molecule has 0 heterocycles. The van der Waals surface area contributed by atoms with Crippen molar-refractivity contribution in [3.63, 3.8) is 0 Å². The van der Waals surface area contributed by atoms with E-state index in [9.17, 15) is 5.11 Å². The Morgan fingerprint density at radius 1 is 1.00 bits per heavy atom. The van der Waals surface area contributed by atoms with E-state index < -0.39 is 0 Å². The minimum Gasteiger partial charge on any atom is -0.508 e. The molecule has 0 amide bonds. The smallest absolute Gasteiger partial charge is 0.115 e. The Morgan fingerprint density at radius 3 is 2.22 bits per heavy atom. The van der Waals surface area contributed by atoms with Crippen molar-refractivity contribution in [1.82, 2.24) is 0 Å². The third-order valence-corrected chi connectivity index (χ3v) is 3.03. The van der Waals surface area contributed by atoms with E-state index in [2.05, 4.69) is 0 Å². The number of hydrogen-bond acceptors (Lipinski definition) is 2. The standard InChI is InChI=1S/C15H16ClNO/c16-13-5-1-3-11(7-13)8-14(17)9-12-4-2-6-15(18)10-12/h1-7,10,14,18H,8-9,17H2. The number of nitrogens with two attached hydrogens (primary N) is 1. The molecular formula is C15H16ClNO. The van der Waals surface area contributed by atoms with Crippen LogP contribution in [0.15, 0.2) is 48.5 Å². The zero-order chi connectivity index (χ0) is 13.0. The molecule has 0 fully saturated rings. The monoisotopic (exact) mass is 261 g/mol. The number of benzene rings is 2. The lowest BCUT2D eigenvalue weighted by atomic mass is 10.00. The van der Waals surface area contributed by atoms with Gasteiger partial charge in [-0.3, -0.25) is 0 Å². The Kier molecular flexibility index (Phi) is 4.24. The molecular weight excluding hydrogens is 246 g/mol. The summed E-state index contributed by atoms with van der Waals surface area (Å²) in [5.74, 6) is 0.280. The van der Waals surface area contributed by atoms with Crippen LogP contribution in [-0.2, 0) is 12.8 Å². The summed E-state index contributed by atoms with van der Waals surface area (Å²) in [7, 11) is 0. The molecule has 2 aromatic rings. The van der Waals surface area contributed by atoms with E-state index >= 15 is 0 Å². The number of phenolic OH excluding ortho intramolecular Hbond substituents is 1. The van der Waals surface area contributed by atoms with Gasteiger partial charge in [-0.1, -0.05) is 35.9 Å². The van der Waals surface area contributed by atoms with Crippen molar-refractivity contribution in [3.05, 3.63) is 64.7 Å². The van der Waals surface area contributed by atoms with Gasteiger partial charge in [0.25, 0.3) is 0 Å². The highest BCUT2D eigenvalue weighted by molar-refractivity contribution is 6.30. The molecule has 0 aliphatic rings. The highest BCUT2D eigenvalue weighted by Crippen LogP contribution is 2.15. The van der Waals surface area contributed by atoms with E-state index in [-0.39, 0.29) is 11.8 Å². The Balaban J connectivity index is 1.98. The summed E-state index contributed by atoms with van der Waals surface area (Å²) >= 11 is 5.94. The minimum atomic E-state index is 0.0188. The third kappa shape index (κ3) is 3.76. The number of aromatic hydroxyl groups is 1. The number of rotatable bonds is 4. The average molecular weight is 262 g/mol. The predicted octanol–water partition coefficient (Wildman–Crippen LogP) is 3.16. The third-order valence-electron chi connectivity index (χ3n) is 2.80. The van der Waals surface area contributed by atoms with Gasteiger partial charge in [0, 0.05) is 11.1 Å². The summed E-state index contributed by atoms with van der Waals surface area (Å²) in [5, 5.41) is 10.1. The van der Waals surface area contributed by atoms with Crippen LogP contribution in [0.3, 0.4) is 0 Å². The molecule has 0 aliphatic heterocycles. The van der Waals surface area contributed by atoms with Crippen LogP contribution in [-0.4, -0.2) is 11.1 Å². The van der Waals surface area contributed by atoms with E-state index in [0.717, 1.165) is 29.0 Å². The van der Waals surface area contributed by atoms with E-state index in [4.69, 9.17) is 17.3 Å². The lowest BCUT2D eigenvalue weighted by Crippen LogP contribution is -2.25. The maximum atomic E-state index is 9.39. The predicted molar refractivity (Wildman–Crippen MR) is 74.9 cm³/mol. The summed E-state index contributed by atoms with van der Waals surface area (Å²) in [6, 6.07) is 15.0. The molecule has 0 aliphatic carbocycles. The lowest BCUT2D eigenvalue weighted by Gasteiger charge is -2.12. The van der Waals surface area contributed by atoms with Crippen molar-refractivity contribution >= 4 is 11.6 Å². The van der Waals surface area contributed by atoms with Crippen molar-refractivity contribution in [3.8, 4) is 5.75 Å². The zero-order valence-electron chi connectivity index (χ0n) is 10.0. The summed E-state index contributed by atoms with van der Waals surface area (Å²) in [5.41, 5.74) is 8.29. The first-order valence-corrected chi connectivity index (χ1v) is 6.29. The molecule has 0 spiro atoms. The van der Waals surface area contributed by atoms with Crippen molar-refractivity contribution in [2.45, 2.75) is 18.9 Å². The molecule has 0 bridgehead atoms. The fourth-order valence-corrected chi connectivity index (χ4v) is 2.24. The van der Waals surface area contributed by atoms with Crippen LogP contribution in [0, 0.1) is 0 Å². The van der Waals surface area contributed by atoms with Gasteiger partial charge in [0.2, 0.25) is 0 Å². The van der Waals surface area contributed by atoms with Crippen LogP contribution < -0.4 is 5.73 Å². The molecule has 94 valence electrons. The van der Waals surface area contributed by atoms with Gasteiger partial charge in [-0.25, -0.2) is 0 Å². The first-order valence-electron chi connectivity index (χ1n) is 5.91. The molecule has 0 saturated heterocycles. The highest BCUT2D eigenvalue weighted by atomic mass is 35.5. The summed E-state index contributed by atoms with van der Waals surface area (Å²) < 4.78 is 0. The normalized spacial score (nSPS) is 12.3. The molecule has 1 unspecified atom stereocenters. The van der Waals surface area contributed by atoms with Crippen LogP contribution in [0.4, 0.5) is 0 Å². The van der Waals surface area contributed by atoms with E-state index in [1.807, 2.05) is 36.4 Å². The number of phenols is 1. The summed E-state index contributed by atoms with van der Waals surface area (Å²) in [6.07, 6.45) is 1.51. The first-order chi connectivity index (χ1) is 8.63. The highest BCUT2D eigenvalue weighted by Gasteiger charge is 2.06. The Hall–Kier alpha value is -1.51. The quantitative estimate of drug-likeness (QED) is 0.888. The van der Waals surface area contributed by atoms with Gasteiger partial charge in [0.05, 0.1) is 0 Å². The van der Waals surface area contributed by atoms with Crippen molar-refractivity contribution in [1.29, 1.82) is 0 Å². The molecule has 0 aromatic heterocycles. The van der Waals surface area contributed by atoms with Gasteiger partial charge < -0.3 is 10.8 Å². The van der Waals surface area contributed by atoms with Crippen LogP contribution in [0.2, 0.25) is 5.02 Å². The SMILES string of the molecule is NC(Cc1cccc(O)c1)Cc1cccc(Cl)c1. The molecule has 18 heavy (non-hydrogen) atoms. The minimum absolute atomic E-state index is 0.0188. The second-order valence-electron chi connectivity index (χ2n) is 4.47. The average Bonchev–Trinajstić information content (AvgIpc) is 2.28. The molecule has 2 rings (SSSR count). The van der Waals surface area contributed by atoms with Crippen LogP contribution in [0.1, 0.15) is 11.1 Å². The summed E-state index contributed by atoms with van der Waals surface area (Å²) in [6.45, 7) is 0. The largest absolute Gasteiger partial charge is 0.508 e. The Morgan fingerprint density at radius 2 is 1.61 bits per heavy atom. The van der Waals surface area contributed by atoms with Gasteiger partial charge >= 0.3 is 0 Å². The van der Waals surface area contributed by atoms with Crippen LogP contribution >= 0.6 is 11.6 Å². The maximum Gasteiger partial charge on any atom is 0.115 e. The van der Waals surface area contributed by atoms with Crippen LogP contribution in [0.25, 0.3) is 0 Å². The van der Waals surface area contributed by atoms with Gasteiger partial charge in [-0.15, -0.1) is 0 Å². The topological polar surface area (TPSA) is 46.2 Å². The number of halogens is 1. The van der Waals surface area contributed by atoms with Crippen LogP contribution in [0.5, 0.6) is 5.75 Å². The number of hydrogen-bond donors (Lipinski definition) is 2. The molecule has 3 heteroatoms. The molecule has 2 aromatic carbocycles. The molecule has 2 nitrogen and oxygen atoms in total. The van der Waals surface area contributed by atoms with E-state index in [1.54, 1.807) is 12.1 Å². The van der Waals surface area contributed by atoms with Gasteiger partial charge in [-0.05, 0) is 48.2 Å². The van der Waals surface area contributed by atoms with E-state index in [1.165, 1.54) is 0 Å².